The van der Waals surface area contributed by atoms with E-state index in [0.717, 1.165) is 11.1 Å². The minimum atomic E-state index is -0.0988. The second kappa shape index (κ2) is 16.3. The average molecular weight is 672 g/mol. The molecule has 0 radical (unpaired) electrons. The van der Waals surface area contributed by atoms with Gasteiger partial charge in [-0.05, 0) is 35.4 Å². The van der Waals surface area contributed by atoms with Gasteiger partial charge in [-0.25, -0.2) is 0 Å². The predicted molar refractivity (Wildman–Crippen MR) is 143 cm³/mol. The van der Waals surface area contributed by atoms with Crippen LogP contribution in [0, 0.1) is 0 Å². The summed E-state index contributed by atoms with van der Waals surface area (Å²) in [6.45, 7) is 0. The van der Waals surface area contributed by atoms with Gasteiger partial charge in [0.05, 0.1) is 36.0 Å². The Morgan fingerprint density at radius 1 is 0.600 bits per heavy atom. The van der Waals surface area contributed by atoms with Crippen molar-refractivity contribution in [2.24, 2.45) is 0 Å². The lowest BCUT2D eigenvalue weighted by atomic mass is 10.1. The Kier molecular flexibility index (Phi) is 17.3. The van der Waals surface area contributed by atoms with Crippen LogP contribution in [0.3, 0.4) is 0 Å². The SMILES string of the molecule is Cl/C=C(\Cl)CCl.ClC(Cl)=C(Cl)Cl.Clc1cc(-c2cc(Cl)c(Cl)c(Cl)c2)cc(Cl)c1Cl. The molecule has 0 aliphatic carbocycles. The third-order valence-electron chi connectivity index (χ3n) is 2.69. The van der Waals surface area contributed by atoms with E-state index in [2.05, 4.69) is 0 Å². The molecule has 0 N–H and O–H groups in total. The van der Waals surface area contributed by atoms with E-state index < -0.39 is 0 Å². The lowest BCUT2D eigenvalue weighted by Gasteiger charge is -2.08. The van der Waals surface area contributed by atoms with E-state index in [-0.39, 0.29) is 8.98 Å². The largest absolute Gasteiger partial charge is 0.136 e. The number of halogens is 13. The first-order valence-electron chi connectivity index (χ1n) is 7.02. The van der Waals surface area contributed by atoms with Gasteiger partial charge in [-0.1, -0.05) is 139 Å². The van der Waals surface area contributed by atoms with Crippen molar-refractivity contribution in [2.75, 3.05) is 5.88 Å². The summed E-state index contributed by atoms with van der Waals surface area (Å²) in [5.74, 6) is 0.297. The molecule has 0 spiro atoms. The molecule has 30 heavy (non-hydrogen) atoms. The van der Waals surface area contributed by atoms with Gasteiger partial charge in [-0.2, -0.15) is 0 Å². The Hall–Kier alpha value is 1.69. The highest BCUT2D eigenvalue weighted by molar-refractivity contribution is 6.67. The quantitative estimate of drug-likeness (QED) is 0.220. The van der Waals surface area contributed by atoms with Gasteiger partial charge in [0.1, 0.15) is 8.98 Å². The molecule has 2 rings (SSSR count). The zero-order valence-corrected chi connectivity index (χ0v) is 23.8. The first kappa shape index (κ1) is 31.7. The molecule has 0 fully saturated rings. The Balaban J connectivity index is 0.000000580. The fraction of sp³-hybridized carbons (Fsp3) is 0.0588. The number of alkyl halides is 1. The Morgan fingerprint density at radius 3 is 1.00 bits per heavy atom. The van der Waals surface area contributed by atoms with Crippen molar-refractivity contribution in [3.8, 4) is 11.1 Å². The predicted octanol–water partition coefficient (Wildman–Crippen LogP) is 12.9. The summed E-state index contributed by atoms with van der Waals surface area (Å²) in [4.78, 5) is 0. The van der Waals surface area contributed by atoms with Gasteiger partial charge in [0.15, 0.2) is 0 Å². The van der Waals surface area contributed by atoms with Crippen LogP contribution >= 0.6 is 151 Å². The van der Waals surface area contributed by atoms with Crippen molar-refractivity contribution in [3.05, 3.63) is 74.0 Å². The molecular weight excluding hydrogens is 665 g/mol. The highest BCUT2D eigenvalue weighted by Crippen LogP contribution is 2.39. The van der Waals surface area contributed by atoms with Gasteiger partial charge in [0.25, 0.3) is 0 Å². The molecule has 0 saturated heterocycles. The molecule has 0 aromatic heterocycles. The van der Waals surface area contributed by atoms with E-state index >= 15 is 0 Å². The van der Waals surface area contributed by atoms with Crippen molar-refractivity contribution in [1.29, 1.82) is 0 Å². The topological polar surface area (TPSA) is 0 Å². The minimum absolute atomic E-state index is 0.0988. The Labute approximate surface area is 239 Å². The fourth-order valence-corrected chi connectivity index (χ4v) is 2.90. The molecule has 2 aromatic rings. The standard InChI is InChI=1S/C12H4Cl6.C3H3Cl3.C2Cl4/c13-7-1-5(2-8(14)11(7)17)6-3-9(15)12(18)10(16)4-6;4-1-3(6)2-5;3-1(4)2(5)6/h1-4H;1H,2H2;/b;3-1-;. The highest BCUT2D eigenvalue weighted by Gasteiger charge is 2.11. The van der Waals surface area contributed by atoms with Crippen LogP contribution < -0.4 is 0 Å². The normalized spacial score (nSPS) is 10.5. The van der Waals surface area contributed by atoms with Crippen LogP contribution in [0.15, 0.2) is 43.8 Å². The summed E-state index contributed by atoms with van der Waals surface area (Å²) in [7, 11) is 0. The number of benzene rings is 2. The van der Waals surface area contributed by atoms with Crippen LogP contribution in [0.5, 0.6) is 0 Å². The van der Waals surface area contributed by atoms with Crippen molar-refractivity contribution < 1.29 is 0 Å². The summed E-state index contributed by atoms with van der Waals surface area (Å²) in [6.07, 6.45) is 0. The van der Waals surface area contributed by atoms with Gasteiger partial charge in [-0.3, -0.25) is 0 Å². The molecule has 166 valence electrons. The molecule has 0 nitrogen and oxygen atoms in total. The maximum atomic E-state index is 5.97. The van der Waals surface area contributed by atoms with E-state index in [0.29, 0.717) is 41.0 Å². The zero-order valence-electron chi connectivity index (χ0n) is 14.0. The van der Waals surface area contributed by atoms with Crippen molar-refractivity contribution >= 4 is 151 Å². The summed E-state index contributed by atoms with van der Waals surface area (Å²) < 4.78 is -0.198. The highest BCUT2D eigenvalue weighted by atomic mass is 35.5. The molecule has 0 bridgehead atoms. The van der Waals surface area contributed by atoms with Crippen molar-refractivity contribution in [3.63, 3.8) is 0 Å². The summed E-state index contributed by atoms with van der Waals surface area (Å²) in [5, 5.41) is 2.55. The van der Waals surface area contributed by atoms with E-state index in [1.807, 2.05) is 0 Å². The van der Waals surface area contributed by atoms with E-state index in [1.165, 1.54) is 5.54 Å². The molecule has 0 heterocycles. The molecule has 0 saturated carbocycles. The molecule has 13 heteroatoms. The number of allylic oxidation sites excluding steroid dienone is 1. The number of hydrogen-bond donors (Lipinski definition) is 0. The first-order valence-corrected chi connectivity index (χ1v) is 12.1. The Morgan fingerprint density at radius 2 is 0.867 bits per heavy atom. The van der Waals surface area contributed by atoms with Crippen molar-refractivity contribution in [2.45, 2.75) is 0 Å². The van der Waals surface area contributed by atoms with Gasteiger partial charge in [0.2, 0.25) is 0 Å². The van der Waals surface area contributed by atoms with Crippen LogP contribution in [0.4, 0.5) is 0 Å². The summed E-state index contributed by atoms with van der Waals surface area (Å²) >= 11 is 71.1. The van der Waals surface area contributed by atoms with Crippen LogP contribution in [-0.2, 0) is 0 Å². The average Bonchev–Trinajstić information content (AvgIpc) is 2.69. The maximum Gasteiger partial charge on any atom is 0.136 e. The third kappa shape index (κ3) is 11.7. The second-order valence-electron chi connectivity index (χ2n) is 4.72. The molecule has 0 unspecified atom stereocenters. The first-order chi connectivity index (χ1) is 13.8. The fourth-order valence-electron chi connectivity index (χ4n) is 1.47. The number of hydrogen-bond acceptors (Lipinski definition) is 0. The Bertz CT molecular complexity index is 798. The molecule has 2 aromatic carbocycles. The van der Waals surface area contributed by atoms with Crippen LogP contribution in [-0.4, -0.2) is 5.88 Å². The number of rotatable bonds is 2. The molecule has 0 aliphatic heterocycles. The molecule has 0 atom stereocenters. The lowest BCUT2D eigenvalue weighted by Crippen LogP contribution is -1.82. The monoisotopic (exact) mass is 666 g/mol. The summed E-state index contributed by atoms with van der Waals surface area (Å²) in [6, 6.07) is 6.74. The summed E-state index contributed by atoms with van der Waals surface area (Å²) in [5.41, 5.74) is 2.76. The van der Waals surface area contributed by atoms with E-state index in [9.17, 15) is 0 Å². The van der Waals surface area contributed by atoms with E-state index in [4.69, 9.17) is 151 Å². The molecular formula is C17H7Cl13. The second-order valence-corrected chi connectivity index (χ2v) is 9.97. The zero-order chi connectivity index (χ0) is 23.6. The van der Waals surface area contributed by atoms with Gasteiger partial charge in [-0.15, -0.1) is 11.6 Å². The van der Waals surface area contributed by atoms with Crippen molar-refractivity contribution in [1.82, 2.24) is 0 Å². The van der Waals surface area contributed by atoms with E-state index in [1.54, 1.807) is 24.3 Å². The lowest BCUT2D eigenvalue weighted by molar-refractivity contribution is 1.61. The van der Waals surface area contributed by atoms with Crippen LogP contribution in [0.2, 0.25) is 30.1 Å². The third-order valence-corrected chi connectivity index (χ3v) is 7.27. The molecule has 0 aliphatic rings. The smallest absolute Gasteiger partial charge is 0.121 e. The minimum Gasteiger partial charge on any atom is -0.121 e. The maximum absolute atomic E-state index is 5.97. The van der Waals surface area contributed by atoms with Gasteiger partial charge in [0, 0.05) is 10.6 Å². The van der Waals surface area contributed by atoms with Crippen LogP contribution in [0.25, 0.3) is 11.1 Å². The van der Waals surface area contributed by atoms with Gasteiger partial charge < -0.3 is 0 Å². The van der Waals surface area contributed by atoms with Crippen LogP contribution in [0.1, 0.15) is 0 Å². The molecule has 0 amide bonds. The van der Waals surface area contributed by atoms with Gasteiger partial charge >= 0.3 is 0 Å².